The zero-order valence-electron chi connectivity index (χ0n) is 16.0. The molecule has 1 saturated heterocycles. The van der Waals surface area contributed by atoms with Crippen LogP contribution in [-0.2, 0) is 22.3 Å². The van der Waals surface area contributed by atoms with E-state index in [9.17, 15) is 22.8 Å². The summed E-state index contributed by atoms with van der Waals surface area (Å²) in [6.45, 7) is 2.08. The Morgan fingerprint density at radius 1 is 1.17 bits per heavy atom. The predicted octanol–water partition coefficient (Wildman–Crippen LogP) is 2.71. The summed E-state index contributed by atoms with van der Waals surface area (Å²) in [5, 5.41) is 3.27. The van der Waals surface area contributed by atoms with Crippen LogP contribution in [0.4, 0.5) is 13.2 Å². The molecule has 1 aliphatic rings. The van der Waals surface area contributed by atoms with E-state index in [4.69, 9.17) is 16.3 Å². The Morgan fingerprint density at radius 3 is 2.53 bits per heavy atom. The summed E-state index contributed by atoms with van der Waals surface area (Å²) >= 11 is 6.34. The number of rotatable bonds is 6. The zero-order chi connectivity index (χ0) is 21.7. The number of pyridine rings is 1. The van der Waals surface area contributed by atoms with Crippen LogP contribution in [0.25, 0.3) is 0 Å². The lowest BCUT2D eigenvalue weighted by Crippen LogP contribution is -2.44. The number of amides is 1. The number of benzene rings is 1. The van der Waals surface area contributed by atoms with E-state index in [1.54, 1.807) is 12.1 Å². The summed E-state index contributed by atoms with van der Waals surface area (Å²) in [7, 11) is 0. The molecule has 10 heteroatoms. The molecule has 30 heavy (non-hydrogen) atoms. The molecule has 1 N–H and O–H groups in total. The monoisotopic (exact) mass is 443 g/mol. The van der Waals surface area contributed by atoms with Gasteiger partial charge in [-0.1, -0.05) is 29.8 Å². The largest absolute Gasteiger partial charge is 0.421 e. The normalized spacial score (nSPS) is 16.3. The molecule has 2 heterocycles. The van der Waals surface area contributed by atoms with Crippen molar-refractivity contribution in [1.82, 2.24) is 14.8 Å². The van der Waals surface area contributed by atoms with Crippen molar-refractivity contribution in [3.8, 4) is 0 Å². The van der Waals surface area contributed by atoms with Crippen LogP contribution in [0.5, 0.6) is 0 Å². The van der Waals surface area contributed by atoms with Gasteiger partial charge in [-0.05, 0) is 23.8 Å². The molecule has 1 aromatic heterocycles. The molecule has 0 radical (unpaired) electrons. The smallest absolute Gasteiger partial charge is 0.379 e. The number of hydrogen-bond acceptors (Lipinski definition) is 4. The number of aromatic nitrogens is 1. The van der Waals surface area contributed by atoms with Crippen molar-refractivity contribution >= 4 is 17.5 Å². The summed E-state index contributed by atoms with van der Waals surface area (Å²) in [6.07, 6.45) is -3.62. The van der Waals surface area contributed by atoms with Gasteiger partial charge in [0.1, 0.15) is 12.1 Å². The Morgan fingerprint density at radius 2 is 1.87 bits per heavy atom. The van der Waals surface area contributed by atoms with E-state index in [-0.39, 0.29) is 12.6 Å². The highest BCUT2D eigenvalue weighted by Gasteiger charge is 2.34. The molecule has 0 bridgehead atoms. The number of morpholine rings is 1. The molecule has 0 saturated carbocycles. The second kappa shape index (κ2) is 9.63. The summed E-state index contributed by atoms with van der Waals surface area (Å²) < 4.78 is 44.9. The maximum Gasteiger partial charge on any atom is 0.421 e. The molecule has 1 fully saturated rings. The topological polar surface area (TPSA) is 63.6 Å². The molecule has 2 aromatic rings. The van der Waals surface area contributed by atoms with Crippen molar-refractivity contribution in [3.63, 3.8) is 0 Å². The number of carbonyl (C=O) groups is 1. The fourth-order valence-corrected chi connectivity index (χ4v) is 3.63. The van der Waals surface area contributed by atoms with Gasteiger partial charge in [0.15, 0.2) is 0 Å². The average molecular weight is 444 g/mol. The molecule has 1 aromatic carbocycles. The number of alkyl halides is 3. The second-order valence-electron chi connectivity index (χ2n) is 6.84. The van der Waals surface area contributed by atoms with Gasteiger partial charge in [-0.25, -0.2) is 0 Å². The van der Waals surface area contributed by atoms with Crippen molar-refractivity contribution in [1.29, 1.82) is 0 Å². The fourth-order valence-electron chi connectivity index (χ4n) is 3.37. The first-order valence-electron chi connectivity index (χ1n) is 9.37. The Labute approximate surface area is 176 Å². The predicted molar refractivity (Wildman–Crippen MR) is 105 cm³/mol. The molecule has 6 nitrogen and oxygen atoms in total. The molecule has 3 rings (SSSR count). The number of halogens is 4. The zero-order valence-corrected chi connectivity index (χ0v) is 16.7. The Bertz CT molecular complexity index is 943. The van der Waals surface area contributed by atoms with E-state index < -0.39 is 29.8 Å². The van der Waals surface area contributed by atoms with Crippen LogP contribution in [-0.4, -0.2) is 48.2 Å². The van der Waals surface area contributed by atoms with Crippen molar-refractivity contribution in [2.45, 2.75) is 18.8 Å². The van der Waals surface area contributed by atoms with Crippen LogP contribution in [0.15, 0.2) is 47.4 Å². The maximum atomic E-state index is 12.9. The molecular formula is C20H21ClF3N3O3. The van der Waals surface area contributed by atoms with E-state index in [2.05, 4.69) is 10.2 Å². The number of hydrogen-bond donors (Lipinski definition) is 1. The highest BCUT2D eigenvalue weighted by atomic mass is 35.5. The van der Waals surface area contributed by atoms with Crippen molar-refractivity contribution in [2.75, 3.05) is 32.8 Å². The van der Waals surface area contributed by atoms with E-state index in [1.807, 2.05) is 12.1 Å². The fraction of sp³-hybridized carbons (Fsp3) is 0.400. The van der Waals surface area contributed by atoms with Crippen LogP contribution >= 0.6 is 11.6 Å². The van der Waals surface area contributed by atoms with Crippen LogP contribution in [0.1, 0.15) is 17.2 Å². The molecule has 1 atom stereocenters. The summed E-state index contributed by atoms with van der Waals surface area (Å²) in [4.78, 5) is 26.6. The Kier molecular flexibility index (Phi) is 7.17. The third-order valence-electron chi connectivity index (χ3n) is 4.88. The number of carbonyl (C=O) groups excluding carboxylic acids is 1. The van der Waals surface area contributed by atoms with Crippen LogP contribution in [0.2, 0.25) is 5.02 Å². The summed E-state index contributed by atoms with van der Waals surface area (Å²) in [5.41, 5.74) is -1.73. The Hall–Kier alpha value is -2.36. The van der Waals surface area contributed by atoms with Gasteiger partial charge in [0.05, 0.1) is 19.3 Å². The van der Waals surface area contributed by atoms with Gasteiger partial charge in [0.25, 0.3) is 5.56 Å². The molecule has 0 aliphatic carbocycles. The lowest BCUT2D eigenvalue weighted by Gasteiger charge is -2.35. The average Bonchev–Trinajstić information content (AvgIpc) is 2.71. The van der Waals surface area contributed by atoms with Gasteiger partial charge >= 0.3 is 6.18 Å². The molecule has 1 unspecified atom stereocenters. The number of nitrogens with zero attached hydrogens (tertiary/aromatic N) is 2. The summed E-state index contributed by atoms with van der Waals surface area (Å²) in [5.74, 6) is -0.568. The number of nitrogens with one attached hydrogen (secondary N) is 1. The van der Waals surface area contributed by atoms with E-state index >= 15 is 0 Å². The molecule has 0 spiro atoms. The standard InChI is InChI=1S/C20H21ClF3N3O3/c21-16-6-2-1-4-14(16)17(26-8-10-30-11-9-26)12-25-18(28)13-27-7-3-5-15(19(27)29)20(22,23)24/h1-7,17H,8-13H2,(H,25,28). The van der Waals surface area contributed by atoms with Gasteiger partial charge in [0.2, 0.25) is 5.91 Å². The highest BCUT2D eigenvalue weighted by molar-refractivity contribution is 6.31. The van der Waals surface area contributed by atoms with Gasteiger partial charge in [0, 0.05) is 30.9 Å². The lowest BCUT2D eigenvalue weighted by atomic mass is 10.0. The third-order valence-corrected chi connectivity index (χ3v) is 5.23. The third kappa shape index (κ3) is 5.41. The summed E-state index contributed by atoms with van der Waals surface area (Å²) in [6, 6.07) is 8.84. The minimum atomic E-state index is -4.78. The van der Waals surface area contributed by atoms with Crippen molar-refractivity contribution in [3.05, 3.63) is 69.1 Å². The van der Waals surface area contributed by atoms with E-state index in [1.165, 1.54) is 0 Å². The van der Waals surface area contributed by atoms with Crippen molar-refractivity contribution < 1.29 is 22.7 Å². The highest BCUT2D eigenvalue weighted by Crippen LogP contribution is 2.28. The first-order chi connectivity index (χ1) is 14.3. The first-order valence-corrected chi connectivity index (χ1v) is 9.74. The molecular weight excluding hydrogens is 423 g/mol. The van der Waals surface area contributed by atoms with E-state index in [0.717, 1.165) is 22.4 Å². The van der Waals surface area contributed by atoms with E-state index in [0.29, 0.717) is 37.4 Å². The maximum absolute atomic E-state index is 12.9. The van der Waals surface area contributed by atoms with Gasteiger partial charge in [-0.2, -0.15) is 13.2 Å². The quantitative estimate of drug-likeness (QED) is 0.745. The Balaban J connectivity index is 1.72. The lowest BCUT2D eigenvalue weighted by molar-refractivity contribution is -0.139. The SMILES string of the molecule is O=C(Cn1cccc(C(F)(F)F)c1=O)NCC(c1ccccc1Cl)N1CCOCC1. The van der Waals surface area contributed by atoms with Crippen LogP contribution in [0.3, 0.4) is 0 Å². The van der Waals surface area contributed by atoms with Gasteiger partial charge in [-0.3, -0.25) is 14.5 Å². The number of ether oxygens (including phenoxy) is 1. The molecule has 1 amide bonds. The van der Waals surface area contributed by atoms with Crippen LogP contribution in [0, 0.1) is 0 Å². The van der Waals surface area contributed by atoms with Crippen LogP contribution < -0.4 is 10.9 Å². The first kappa shape index (κ1) is 22.3. The second-order valence-corrected chi connectivity index (χ2v) is 7.25. The van der Waals surface area contributed by atoms with Crippen molar-refractivity contribution in [2.24, 2.45) is 0 Å². The molecule has 162 valence electrons. The van der Waals surface area contributed by atoms with Gasteiger partial charge in [-0.15, -0.1) is 0 Å². The van der Waals surface area contributed by atoms with Gasteiger partial charge < -0.3 is 14.6 Å². The minimum Gasteiger partial charge on any atom is -0.379 e. The minimum absolute atomic E-state index is 0.191. The molecule has 1 aliphatic heterocycles.